The zero-order valence-corrected chi connectivity index (χ0v) is 12.8. The Kier molecular flexibility index (Phi) is 6.14. The van der Waals surface area contributed by atoms with E-state index < -0.39 is 0 Å². The molecule has 0 amide bonds. The molecule has 1 aliphatic rings. The number of nitro groups is 1. The van der Waals surface area contributed by atoms with Crippen molar-refractivity contribution in [2.24, 2.45) is 0 Å². The van der Waals surface area contributed by atoms with Gasteiger partial charge in [0.25, 0.3) is 5.69 Å². The summed E-state index contributed by atoms with van der Waals surface area (Å²) < 4.78 is 0. The van der Waals surface area contributed by atoms with Crippen molar-refractivity contribution < 1.29 is 4.92 Å². The summed E-state index contributed by atoms with van der Waals surface area (Å²) in [5.41, 5.74) is 0.967. The van der Waals surface area contributed by atoms with Crippen molar-refractivity contribution in [2.45, 2.75) is 38.6 Å². The van der Waals surface area contributed by atoms with Crippen molar-refractivity contribution >= 4 is 5.69 Å². The summed E-state index contributed by atoms with van der Waals surface area (Å²) in [7, 11) is 0. The molecule has 1 heterocycles. The lowest BCUT2D eigenvalue weighted by Gasteiger charge is -2.26. The molecule has 1 saturated heterocycles. The number of nitrogens with zero attached hydrogens (tertiary/aromatic N) is 2. The number of piperidine rings is 1. The quantitative estimate of drug-likeness (QED) is 0.476. The monoisotopic (exact) mass is 291 g/mol. The van der Waals surface area contributed by atoms with Gasteiger partial charge in [0.1, 0.15) is 0 Å². The molecule has 5 heteroatoms. The molecule has 1 unspecified atom stereocenters. The maximum Gasteiger partial charge on any atom is 0.274 e. The second-order valence-electron chi connectivity index (χ2n) is 5.75. The molecule has 0 aromatic heterocycles. The Hall–Kier alpha value is -1.46. The van der Waals surface area contributed by atoms with E-state index in [0.717, 1.165) is 25.1 Å². The predicted molar refractivity (Wildman–Crippen MR) is 84.4 cm³/mol. The van der Waals surface area contributed by atoms with Gasteiger partial charge in [-0.25, -0.2) is 0 Å². The van der Waals surface area contributed by atoms with E-state index in [4.69, 9.17) is 0 Å². The second kappa shape index (κ2) is 8.10. The van der Waals surface area contributed by atoms with E-state index in [0.29, 0.717) is 0 Å². The summed E-state index contributed by atoms with van der Waals surface area (Å²) in [6, 6.07) is 6.98. The second-order valence-corrected chi connectivity index (χ2v) is 5.75. The van der Waals surface area contributed by atoms with E-state index in [1.54, 1.807) is 12.1 Å². The largest absolute Gasteiger partial charge is 0.310 e. The van der Waals surface area contributed by atoms with Crippen molar-refractivity contribution in [2.75, 3.05) is 26.2 Å². The van der Waals surface area contributed by atoms with Gasteiger partial charge in [-0.15, -0.1) is 0 Å². The maximum atomic E-state index is 11.0. The molecule has 2 rings (SSSR count). The molecule has 1 aromatic rings. The Labute approximate surface area is 126 Å². The minimum Gasteiger partial charge on any atom is -0.310 e. The number of hydrogen-bond acceptors (Lipinski definition) is 4. The van der Waals surface area contributed by atoms with Crippen LogP contribution in [0.25, 0.3) is 0 Å². The van der Waals surface area contributed by atoms with Gasteiger partial charge in [-0.1, -0.05) is 24.6 Å². The van der Waals surface area contributed by atoms with Crippen LogP contribution in [0.4, 0.5) is 5.69 Å². The average Bonchev–Trinajstić information content (AvgIpc) is 2.52. The molecule has 1 N–H and O–H groups in total. The zero-order valence-electron chi connectivity index (χ0n) is 12.8. The van der Waals surface area contributed by atoms with Gasteiger partial charge in [0.05, 0.1) is 4.92 Å². The van der Waals surface area contributed by atoms with Crippen LogP contribution in [0, 0.1) is 10.1 Å². The standard InChI is InChI=1S/C16H25N3O2/c1-14(15-8-3-4-9-16(15)19(20)21)17-10-7-13-18-11-5-2-6-12-18/h3-4,8-9,14,17H,2,5-7,10-13H2,1H3. The van der Waals surface area contributed by atoms with Crippen LogP contribution in [0.2, 0.25) is 0 Å². The first kappa shape index (κ1) is 15.9. The van der Waals surface area contributed by atoms with Crippen LogP contribution in [-0.2, 0) is 0 Å². The number of para-hydroxylation sites is 1. The molecule has 0 radical (unpaired) electrons. The highest BCUT2D eigenvalue weighted by Crippen LogP contribution is 2.24. The minimum absolute atomic E-state index is 0.00737. The Balaban J connectivity index is 1.76. The summed E-state index contributed by atoms with van der Waals surface area (Å²) in [6.45, 7) is 6.45. The van der Waals surface area contributed by atoms with Gasteiger partial charge >= 0.3 is 0 Å². The van der Waals surface area contributed by atoms with E-state index in [-0.39, 0.29) is 16.7 Å². The number of rotatable bonds is 7. The fourth-order valence-corrected chi connectivity index (χ4v) is 2.93. The summed E-state index contributed by atoms with van der Waals surface area (Å²) in [6.07, 6.45) is 5.09. The van der Waals surface area contributed by atoms with Gasteiger partial charge in [-0.2, -0.15) is 0 Å². The van der Waals surface area contributed by atoms with Gasteiger partial charge in [0.2, 0.25) is 0 Å². The van der Waals surface area contributed by atoms with Crippen LogP contribution in [0.3, 0.4) is 0 Å². The summed E-state index contributed by atoms with van der Waals surface area (Å²) >= 11 is 0. The van der Waals surface area contributed by atoms with Gasteiger partial charge in [-0.05, 0) is 52.4 Å². The van der Waals surface area contributed by atoms with E-state index >= 15 is 0 Å². The van der Waals surface area contributed by atoms with Crippen LogP contribution in [0.5, 0.6) is 0 Å². The molecule has 116 valence electrons. The van der Waals surface area contributed by atoms with Crippen LogP contribution in [0.1, 0.15) is 44.2 Å². The number of nitro benzene ring substituents is 1. The highest BCUT2D eigenvalue weighted by molar-refractivity contribution is 5.41. The fourth-order valence-electron chi connectivity index (χ4n) is 2.93. The topological polar surface area (TPSA) is 58.4 Å². The van der Waals surface area contributed by atoms with E-state index in [9.17, 15) is 10.1 Å². The van der Waals surface area contributed by atoms with Crippen LogP contribution < -0.4 is 5.32 Å². The molecule has 0 saturated carbocycles. The molecule has 0 bridgehead atoms. The Morgan fingerprint density at radius 2 is 2.00 bits per heavy atom. The van der Waals surface area contributed by atoms with Gasteiger partial charge < -0.3 is 10.2 Å². The Morgan fingerprint density at radius 1 is 1.29 bits per heavy atom. The fraction of sp³-hybridized carbons (Fsp3) is 0.625. The lowest BCUT2D eigenvalue weighted by molar-refractivity contribution is -0.385. The molecule has 1 fully saturated rings. The first-order chi connectivity index (χ1) is 10.2. The summed E-state index contributed by atoms with van der Waals surface area (Å²) in [5, 5.41) is 14.4. The third-order valence-corrected chi connectivity index (χ3v) is 4.15. The van der Waals surface area contributed by atoms with E-state index in [1.807, 2.05) is 19.1 Å². The van der Waals surface area contributed by atoms with Crippen molar-refractivity contribution in [1.29, 1.82) is 0 Å². The average molecular weight is 291 g/mol. The SMILES string of the molecule is CC(NCCCN1CCCCC1)c1ccccc1[N+](=O)[O-]. The first-order valence-corrected chi connectivity index (χ1v) is 7.87. The van der Waals surface area contributed by atoms with E-state index in [2.05, 4.69) is 10.2 Å². The number of hydrogen-bond donors (Lipinski definition) is 1. The smallest absolute Gasteiger partial charge is 0.274 e. The Morgan fingerprint density at radius 3 is 2.71 bits per heavy atom. The van der Waals surface area contributed by atoms with Gasteiger partial charge in [0, 0.05) is 17.7 Å². The molecule has 21 heavy (non-hydrogen) atoms. The molecule has 5 nitrogen and oxygen atoms in total. The third kappa shape index (κ3) is 4.79. The molecule has 1 atom stereocenters. The van der Waals surface area contributed by atoms with Gasteiger partial charge in [0.15, 0.2) is 0 Å². The molecule has 0 aliphatic carbocycles. The molecule has 0 spiro atoms. The summed E-state index contributed by atoms with van der Waals surface area (Å²) in [4.78, 5) is 13.2. The highest BCUT2D eigenvalue weighted by atomic mass is 16.6. The Bertz CT molecular complexity index is 459. The third-order valence-electron chi connectivity index (χ3n) is 4.15. The molecule has 1 aromatic carbocycles. The maximum absolute atomic E-state index is 11.0. The zero-order chi connectivity index (χ0) is 15.1. The molecule has 1 aliphatic heterocycles. The number of nitrogens with one attached hydrogen (secondary N) is 1. The number of likely N-dealkylation sites (tertiary alicyclic amines) is 1. The first-order valence-electron chi connectivity index (χ1n) is 7.87. The predicted octanol–water partition coefficient (Wildman–Crippen LogP) is 3.12. The minimum atomic E-state index is -0.304. The van der Waals surface area contributed by atoms with E-state index in [1.165, 1.54) is 32.4 Å². The highest BCUT2D eigenvalue weighted by Gasteiger charge is 2.17. The van der Waals surface area contributed by atoms with Crippen molar-refractivity contribution in [3.63, 3.8) is 0 Å². The molecular formula is C16H25N3O2. The molecular weight excluding hydrogens is 266 g/mol. The van der Waals surface area contributed by atoms with Crippen molar-refractivity contribution in [3.05, 3.63) is 39.9 Å². The number of benzene rings is 1. The van der Waals surface area contributed by atoms with Crippen LogP contribution in [0.15, 0.2) is 24.3 Å². The normalized spacial score (nSPS) is 17.6. The van der Waals surface area contributed by atoms with Crippen LogP contribution >= 0.6 is 0 Å². The van der Waals surface area contributed by atoms with Crippen LogP contribution in [-0.4, -0.2) is 36.0 Å². The van der Waals surface area contributed by atoms with Crippen molar-refractivity contribution in [3.8, 4) is 0 Å². The van der Waals surface area contributed by atoms with Gasteiger partial charge in [-0.3, -0.25) is 10.1 Å². The van der Waals surface area contributed by atoms with Crippen molar-refractivity contribution in [1.82, 2.24) is 10.2 Å². The summed E-state index contributed by atoms with van der Waals surface area (Å²) in [5.74, 6) is 0. The lowest BCUT2D eigenvalue weighted by atomic mass is 10.1. The lowest BCUT2D eigenvalue weighted by Crippen LogP contribution is -2.32.